The van der Waals surface area contributed by atoms with Gasteiger partial charge in [0, 0.05) is 20.3 Å². The van der Waals surface area contributed by atoms with E-state index in [9.17, 15) is 4.79 Å². The van der Waals surface area contributed by atoms with Gasteiger partial charge in [0.1, 0.15) is 11.8 Å². The second-order valence-electron chi connectivity index (χ2n) is 7.14. The fraction of sp³-hybridized carbons (Fsp3) is 0.435. The van der Waals surface area contributed by atoms with Gasteiger partial charge in [0.05, 0.1) is 14.2 Å². The second-order valence-corrected chi connectivity index (χ2v) is 7.14. The number of ether oxygens (including phenoxy) is 4. The molecule has 1 aliphatic heterocycles. The number of hydrogen-bond donors (Lipinski definition) is 0. The first-order valence-corrected chi connectivity index (χ1v) is 9.83. The number of amides is 1. The topological polar surface area (TPSA) is 57.2 Å². The molecule has 1 aliphatic rings. The SMILES string of the molecule is COCCCCN1C(=O)[C@@H](Oc2ccc(C)cc2)[C@H]1c1ccc(OC)c(OC)c1. The maximum atomic E-state index is 12.9. The molecule has 0 bridgehead atoms. The van der Waals surface area contributed by atoms with Crippen molar-refractivity contribution in [1.82, 2.24) is 4.90 Å². The summed E-state index contributed by atoms with van der Waals surface area (Å²) in [6, 6.07) is 13.3. The van der Waals surface area contributed by atoms with E-state index in [2.05, 4.69) is 0 Å². The van der Waals surface area contributed by atoms with E-state index >= 15 is 0 Å². The van der Waals surface area contributed by atoms with E-state index in [1.165, 1.54) is 0 Å². The minimum absolute atomic E-state index is 0.00257. The molecule has 2 atom stereocenters. The minimum atomic E-state index is -0.557. The lowest BCUT2D eigenvalue weighted by Gasteiger charge is -2.47. The van der Waals surface area contributed by atoms with Crippen molar-refractivity contribution >= 4 is 5.91 Å². The Balaban J connectivity index is 1.83. The summed E-state index contributed by atoms with van der Waals surface area (Å²) in [6.07, 6.45) is 1.22. The van der Waals surface area contributed by atoms with Crippen LogP contribution in [0.5, 0.6) is 17.2 Å². The molecule has 0 aromatic heterocycles. The Morgan fingerprint density at radius 3 is 2.31 bits per heavy atom. The molecule has 6 nitrogen and oxygen atoms in total. The first-order chi connectivity index (χ1) is 14.1. The molecule has 6 heteroatoms. The van der Waals surface area contributed by atoms with Gasteiger partial charge in [-0.05, 0) is 49.6 Å². The normalized spacial score (nSPS) is 18.3. The highest BCUT2D eigenvalue weighted by molar-refractivity contribution is 5.89. The molecule has 0 saturated carbocycles. The number of hydrogen-bond acceptors (Lipinski definition) is 5. The lowest BCUT2D eigenvalue weighted by molar-refractivity contribution is -0.164. The minimum Gasteiger partial charge on any atom is -0.493 e. The molecule has 2 aromatic carbocycles. The van der Waals surface area contributed by atoms with E-state index in [4.69, 9.17) is 18.9 Å². The zero-order valence-corrected chi connectivity index (χ0v) is 17.5. The van der Waals surface area contributed by atoms with Crippen molar-refractivity contribution in [3.8, 4) is 17.2 Å². The predicted molar refractivity (Wildman–Crippen MR) is 111 cm³/mol. The van der Waals surface area contributed by atoms with Crippen molar-refractivity contribution < 1.29 is 23.7 Å². The number of methoxy groups -OCH3 is 3. The van der Waals surface area contributed by atoms with Gasteiger partial charge in [-0.15, -0.1) is 0 Å². The molecule has 156 valence electrons. The molecule has 0 spiro atoms. The van der Waals surface area contributed by atoms with Crippen molar-refractivity contribution in [2.75, 3.05) is 34.5 Å². The standard InChI is InChI=1S/C23H29NO5/c1-16-7-10-18(11-8-16)29-22-21(24(23(22)25)13-5-6-14-26-2)17-9-12-19(27-3)20(15-17)28-4/h7-12,15,21-22H,5-6,13-14H2,1-4H3/t21-,22+/m1/s1. The van der Waals surface area contributed by atoms with Crippen LogP contribution in [-0.4, -0.2) is 51.4 Å². The van der Waals surface area contributed by atoms with Crippen molar-refractivity contribution in [1.29, 1.82) is 0 Å². The van der Waals surface area contributed by atoms with E-state index in [0.29, 0.717) is 30.4 Å². The van der Waals surface area contributed by atoms with Crippen LogP contribution in [-0.2, 0) is 9.53 Å². The first kappa shape index (κ1) is 21.0. The van der Waals surface area contributed by atoms with Crippen molar-refractivity contribution in [2.24, 2.45) is 0 Å². The van der Waals surface area contributed by atoms with E-state index in [0.717, 1.165) is 24.0 Å². The van der Waals surface area contributed by atoms with Crippen LogP contribution in [0.3, 0.4) is 0 Å². The summed E-state index contributed by atoms with van der Waals surface area (Å²) in [7, 11) is 4.90. The number of benzene rings is 2. The summed E-state index contributed by atoms with van der Waals surface area (Å²) < 4.78 is 22.0. The molecule has 2 aromatic rings. The van der Waals surface area contributed by atoms with E-state index in [-0.39, 0.29) is 11.9 Å². The molecule has 3 rings (SSSR count). The molecule has 1 heterocycles. The third-order valence-electron chi connectivity index (χ3n) is 5.18. The Bertz CT molecular complexity index is 821. The van der Waals surface area contributed by atoms with Crippen LogP contribution in [0.1, 0.15) is 30.0 Å². The Hall–Kier alpha value is -2.73. The highest BCUT2D eigenvalue weighted by Crippen LogP contribution is 2.41. The van der Waals surface area contributed by atoms with E-state index in [1.54, 1.807) is 21.3 Å². The van der Waals surface area contributed by atoms with Crippen LogP contribution in [0.4, 0.5) is 0 Å². The lowest BCUT2D eigenvalue weighted by Crippen LogP contribution is -2.61. The van der Waals surface area contributed by atoms with Crippen LogP contribution < -0.4 is 14.2 Å². The largest absolute Gasteiger partial charge is 0.493 e. The summed E-state index contributed by atoms with van der Waals surface area (Å²) in [5, 5.41) is 0. The Kier molecular flexibility index (Phi) is 6.99. The predicted octanol–water partition coefficient (Wildman–Crippen LogP) is 3.77. The third kappa shape index (κ3) is 4.65. The second kappa shape index (κ2) is 9.65. The van der Waals surface area contributed by atoms with E-state index < -0.39 is 6.10 Å². The number of aryl methyl sites for hydroxylation is 1. The molecule has 0 aliphatic carbocycles. The molecule has 29 heavy (non-hydrogen) atoms. The first-order valence-electron chi connectivity index (χ1n) is 9.83. The highest BCUT2D eigenvalue weighted by Gasteiger charge is 2.49. The average Bonchev–Trinajstić information content (AvgIpc) is 2.75. The Labute approximate surface area is 172 Å². The number of likely N-dealkylation sites (tertiary alicyclic amines) is 1. The summed E-state index contributed by atoms with van der Waals surface area (Å²) >= 11 is 0. The molecule has 1 amide bonds. The highest BCUT2D eigenvalue weighted by atomic mass is 16.5. The number of rotatable bonds is 10. The van der Waals surface area contributed by atoms with Crippen LogP contribution in [0.2, 0.25) is 0 Å². The van der Waals surface area contributed by atoms with Crippen molar-refractivity contribution in [3.63, 3.8) is 0 Å². The zero-order chi connectivity index (χ0) is 20.8. The van der Waals surface area contributed by atoms with Crippen molar-refractivity contribution in [2.45, 2.75) is 31.9 Å². The Morgan fingerprint density at radius 2 is 1.66 bits per heavy atom. The van der Waals surface area contributed by atoms with Gasteiger partial charge >= 0.3 is 0 Å². The quantitative estimate of drug-likeness (QED) is 0.450. The molecular formula is C23H29NO5. The number of carbonyl (C=O) groups is 1. The van der Waals surface area contributed by atoms with Gasteiger partial charge in [-0.25, -0.2) is 0 Å². The van der Waals surface area contributed by atoms with Gasteiger partial charge in [0.25, 0.3) is 5.91 Å². The van der Waals surface area contributed by atoms with Gasteiger partial charge in [-0.3, -0.25) is 4.79 Å². The van der Waals surface area contributed by atoms with Gasteiger partial charge in [-0.1, -0.05) is 23.8 Å². The van der Waals surface area contributed by atoms with Crippen molar-refractivity contribution in [3.05, 3.63) is 53.6 Å². The lowest BCUT2D eigenvalue weighted by atomic mass is 9.89. The summed E-state index contributed by atoms with van der Waals surface area (Å²) in [6.45, 7) is 3.37. The average molecular weight is 399 g/mol. The van der Waals surface area contributed by atoms with E-state index in [1.807, 2.05) is 54.3 Å². The van der Waals surface area contributed by atoms with Crippen LogP contribution in [0, 0.1) is 6.92 Å². The third-order valence-corrected chi connectivity index (χ3v) is 5.18. The monoisotopic (exact) mass is 399 g/mol. The molecular weight excluding hydrogens is 370 g/mol. The molecule has 0 N–H and O–H groups in total. The Morgan fingerprint density at radius 1 is 0.931 bits per heavy atom. The maximum Gasteiger partial charge on any atom is 0.266 e. The molecule has 0 unspecified atom stereocenters. The van der Waals surface area contributed by atoms with Gasteiger partial charge < -0.3 is 23.8 Å². The van der Waals surface area contributed by atoms with Crippen LogP contribution in [0.15, 0.2) is 42.5 Å². The van der Waals surface area contributed by atoms with Gasteiger partial charge in [-0.2, -0.15) is 0 Å². The van der Waals surface area contributed by atoms with Gasteiger partial charge in [0.2, 0.25) is 6.10 Å². The smallest absolute Gasteiger partial charge is 0.266 e. The fourth-order valence-electron chi connectivity index (χ4n) is 3.56. The maximum absolute atomic E-state index is 12.9. The number of carbonyl (C=O) groups excluding carboxylic acids is 1. The summed E-state index contributed by atoms with van der Waals surface area (Å²) in [4.78, 5) is 14.7. The molecule has 0 radical (unpaired) electrons. The van der Waals surface area contributed by atoms with Crippen LogP contribution in [0.25, 0.3) is 0 Å². The summed E-state index contributed by atoms with van der Waals surface area (Å²) in [5.41, 5.74) is 2.11. The number of unbranched alkanes of at least 4 members (excludes halogenated alkanes) is 1. The molecule has 1 fully saturated rings. The summed E-state index contributed by atoms with van der Waals surface area (Å²) in [5.74, 6) is 1.99. The molecule has 1 saturated heterocycles. The van der Waals surface area contributed by atoms with Gasteiger partial charge in [0.15, 0.2) is 11.5 Å². The number of nitrogens with zero attached hydrogens (tertiary/aromatic N) is 1. The number of β-lactam (4-membered cyclic amide) rings is 1. The van der Waals surface area contributed by atoms with Crippen LogP contribution >= 0.6 is 0 Å². The zero-order valence-electron chi connectivity index (χ0n) is 17.5. The fourth-order valence-corrected chi connectivity index (χ4v) is 3.56.